The van der Waals surface area contributed by atoms with Gasteiger partial charge in [-0.3, -0.25) is 28.6 Å². The standard InChI is InChI=1S/C21H24N4O6S2/c1-14(2)24-18-10-9-15(12-19(18)32-21(24)27)22-20(26)8-5-11-23(33(3,30)31)16-6-4-7-17(13-16)25(28)29/h4,6-7,9-10,12-14H,5,8,11H2,1-3H3,(H,22,26). The number of benzene rings is 2. The molecule has 0 aliphatic carbocycles. The molecular formula is C21H24N4O6S2. The second-order valence-electron chi connectivity index (χ2n) is 7.78. The summed E-state index contributed by atoms with van der Waals surface area (Å²) in [5.74, 6) is -0.308. The number of nitrogens with zero attached hydrogens (tertiary/aromatic N) is 3. The molecule has 1 amide bonds. The van der Waals surface area contributed by atoms with Gasteiger partial charge in [-0.05, 0) is 44.5 Å². The van der Waals surface area contributed by atoms with Crippen LogP contribution in [0.5, 0.6) is 0 Å². The summed E-state index contributed by atoms with van der Waals surface area (Å²) in [7, 11) is -3.70. The smallest absolute Gasteiger partial charge is 0.308 e. The first kappa shape index (κ1) is 24.4. The van der Waals surface area contributed by atoms with Crippen molar-refractivity contribution in [2.45, 2.75) is 32.7 Å². The van der Waals surface area contributed by atoms with Gasteiger partial charge >= 0.3 is 4.87 Å². The Morgan fingerprint density at radius 3 is 2.61 bits per heavy atom. The number of amides is 1. The van der Waals surface area contributed by atoms with Crippen molar-refractivity contribution in [1.29, 1.82) is 0 Å². The number of carbonyl (C=O) groups excluding carboxylic acids is 1. The highest BCUT2D eigenvalue weighted by molar-refractivity contribution is 7.92. The van der Waals surface area contributed by atoms with Crippen LogP contribution in [0, 0.1) is 10.1 Å². The largest absolute Gasteiger partial charge is 0.326 e. The Balaban J connectivity index is 1.66. The van der Waals surface area contributed by atoms with Gasteiger partial charge in [0.05, 0.1) is 27.1 Å². The lowest BCUT2D eigenvalue weighted by molar-refractivity contribution is -0.384. The van der Waals surface area contributed by atoms with Crippen LogP contribution in [0.25, 0.3) is 10.2 Å². The van der Waals surface area contributed by atoms with Crippen LogP contribution in [0.15, 0.2) is 47.3 Å². The van der Waals surface area contributed by atoms with Gasteiger partial charge in [0.15, 0.2) is 0 Å². The van der Waals surface area contributed by atoms with Gasteiger partial charge in [-0.25, -0.2) is 8.42 Å². The van der Waals surface area contributed by atoms with Crippen LogP contribution >= 0.6 is 11.3 Å². The molecule has 3 rings (SSSR count). The minimum Gasteiger partial charge on any atom is -0.326 e. The van der Waals surface area contributed by atoms with Crippen molar-refractivity contribution in [3.8, 4) is 0 Å². The van der Waals surface area contributed by atoms with Gasteiger partial charge in [-0.2, -0.15) is 0 Å². The number of nitrogens with one attached hydrogen (secondary N) is 1. The molecule has 0 bridgehead atoms. The van der Waals surface area contributed by atoms with E-state index in [-0.39, 0.29) is 47.6 Å². The number of fused-ring (bicyclic) bond motifs is 1. The average molecular weight is 493 g/mol. The maximum absolute atomic E-state index is 12.4. The first-order chi connectivity index (χ1) is 15.5. The molecule has 176 valence electrons. The molecule has 2 aromatic carbocycles. The van der Waals surface area contributed by atoms with Crippen molar-refractivity contribution in [2.75, 3.05) is 22.4 Å². The molecule has 0 spiro atoms. The fourth-order valence-electron chi connectivity index (χ4n) is 3.46. The summed E-state index contributed by atoms with van der Waals surface area (Å²) in [6.45, 7) is 3.85. The molecule has 0 aliphatic heterocycles. The van der Waals surface area contributed by atoms with Crippen molar-refractivity contribution >= 4 is 54.5 Å². The lowest BCUT2D eigenvalue weighted by Crippen LogP contribution is -2.31. The van der Waals surface area contributed by atoms with E-state index in [2.05, 4.69) is 5.32 Å². The number of hydrogen-bond acceptors (Lipinski definition) is 7. The summed E-state index contributed by atoms with van der Waals surface area (Å²) in [6, 6.07) is 10.6. The van der Waals surface area contributed by atoms with Crippen LogP contribution in [0.1, 0.15) is 32.7 Å². The van der Waals surface area contributed by atoms with E-state index in [0.29, 0.717) is 5.69 Å². The number of anilines is 2. The predicted octanol–water partition coefficient (Wildman–Crippen LogP) is 3.74. The topological polar surface area (TPSA) is 132 Å². The summed E-state index contributed by atoms with van der Waals surface area (Å²) in [5, 5.41) is 13.8. The monoisotopic (exact) mass is 492 g/mol. The summed E-state index contributed by atoms with van der Waals surface area (Å²) in [6.07, 6.45) is 1.26. The molecule has 10 nitrogen and oxygen atoms in total. The molecular weight excluding hydrogens is 468 g/mol. The van der Waals surface area contributed by atoms with Crippen LogP contribution in [0.3, 0.4) is 0 Å². The van der Waals surface area contributed by atoms with Crippen LogP contribution < -0.4 is 14.5 Å². The van der Waals surface area contributed by atoms with Gasteiger partial charge in [0.1, 0.15) is 0 Å². The lowest BCUT2D eigenvalue weighted by atomic mass is 10.2. The number of aromatic nitrogens is 1. The minimum absolute atomic E-state index is 0.00862. The predicted molar refractivity (Wildman–Crippen MR) is 130 cm³/mol. The molecule has 1 heterocycles. The van der Waals surface area contributed by atoms with Gasteiger partial charge in [-0.1, -0.05) is 17.4 Å². The molecule has 0 aliphatic rings. The molecule has 1 aromatic heterocycles. The van der Waals surface area contributed by atoms with Gasteiger partial charge in [0.25, 0.3) is 5.69 Å². The number of hydrogen-bond donors (Lipinski definition) is 1. The molecule has 0 atom stereocenters. The Kier molecular flexibility index (Phi) is 7.18. The Labute approximate surface area is 194 Å². The van der Waals surface area contributed by atoms with Crippen molar-refractivity contribution in [3.05, 3.63) is 62.2 Å². The molecule has 0 radical (unpaired) electrons. The third-order valence-corrected chi connectivity index (χ3v) is 7.02. The number of carbonyl (C=O) groups is 1. The Bertz CT molecular complexity index is 1360. The molecule has 0 unspecified atom stereocenters. The molecule has 12 heteroatoms. The second kappa shape index (κ2) is 9.71. The summed E-state index contributed by atoms with van der Waals surface area (Å²) in [5.41, 5.74) is 1.30. The molecule has 1 N–H and O–H groups in total. The average Bonchev–Trinajstić information content (AvgIpc) is 3.05. The Hall–Kier alpha value is -3.25. The van der Waals surface area contributed by atoms with Gasteiger partial charge in [0.2, 0.25) is 15.9 Å². The van der Waals surface area contributed by atoms with E-state index in [1.54, 1.807) is 22.8 Å². The van der Waals surface area contributed by atoms with E-state index in [0.717, 1.165) is 32.1 Å². The van der Waals surface area contributed by atoms with E-state index in [9.17, 15) is 28.1 Å². The summed E-state index contributed by atoms with van der Waals surface area (Å²) in [4.78, 5) is 34.9. The zero-order chi connectivity index (χ0) is 24.3. The van der Waals surface area contributed by atoms with Crippen molar-refractivity contribution in [1.82, 2.24) is 4.57 Å². The van der Waals surface area contributed by atoms with Gasteiger partial charge < -0.3 is 5.32 Å². The third kappa shape index (κ3) is 5.76. The van der Waals surface area contributed by atoms with Crippen LogP contribution in [-0.4, -0.2) is 36.6 Å². The fourth-order valence-corrected chi connectivity index (χ4v) is 5.47. The third-order valence-electron chi connectivity index (χ3n) is 4.91. The molecule has 33 heavy (non-hydrogen) atoms. The molecule has 0 fully saturated rings. The van der Waals surface area contributed by atoms with Crippen molar-refractivity contribution < 1.29 is 18.1 Å². The highest BCUT2D eigenvalue weighted by Crippen LogP contribution is 2.25. The van der Waals surface area contributed by atoms with E-state index < -0.39 is 14.9 Å². The SMILES string of the molecule is CC(C)n1c(=O)sc2cc(NC(=O)CCCN(c3cccc([N+](=O)[O-])c3)S(C)(=O)=O)ccc21. The van der Waals surface area contributed by atoms with Crippen LogP contribution in [0.2, 0.25) is 0 Å². The first-order valence-electron chi connectivity index (χ1n) is 10.1. The molecule has 0 saturated heterocycles. The van der Waals surface area contributed by atoms with Crippen molar-refractivity contribution in [2.24, 2.45) is 0 Å². The lowest BCUT2D eigenvalue weighted by Gasteiger charge is -2.22. The Morgan fingerprint density at radius 2 is 1.97 bits per heavy atom. The normalized spacial score (nSPS) is 11.6. The number of sulfonamides is 1. The van der Waals surface area contributed by atoms with E-state index >= 15 is 0 Å². The quantitative estimate of drug-likeness (QED) is 0.358. The van der Waals surface area contributed by atoms with Crippen LogP contribution in [0.4, 0.5) is 17.1 Å². The van der Waals surface area contributed by atoms with E-state index in [1.165, 1.54) is 24.3 Å². The fraction of sp³-hybridized carbons (Fsp3) is 0.333. The zero-order valence-corrected chi connectivity index (χ0v) is 20.0. The summed E-state index contributed by atoms with van der Waals surface area (Å²) < 4.78 is 27.9. The number of thiazole rings is 1. The van der Waals surface area contributed by atoms with Crippen molar-refractivity contribution in [3.63, 3.8) is 0 Å². The maximum Gasteiger partial charge on any atom is 0.308 e. The van der Waals surface area contributed by atoms with Gasteiger partial charge in [-0.15, -0.1) is 0 Å². The van der Waals surface area contributed by atoms with Gasteiger partial charge in [0, 0.05) is 36.8 Å². The van der Waals surface area contributed by atoms with E-state index in [4.69, 9.17) is 0 Å². The zero-order valence-electron chi connectivity index (χ0n) is 18.3. The van der Waals surface area contributed by atoms with E-state index in [1.807, 2.05) is 13.8 Å². The summed E-state index contributed by atoms with van der Waals surface area (Å²) >= 11 is 1.11. The molecule has 3 aromatic rings. The molecule has 0 saturated carbocycles. The second-order valence-corrected chi connectivity index (χ2v) is 10.7. The number of nitro benzene ring substituents is 1. The maximum atomic E-state index is 12.4. The van der Waals surface area contributed by atoms with Crippen LogP contribution in [-0.2, 0) is 14.8 Å². The highest BCUT2D eigenvalue weighted by atomic mass is 32.2. The Morgan fingerprint density at radius 1 is 1.24 bits per heavy atom. The number of rotatable bonds is 9. The number of non-ortho nitro benzene ring substituents is 1. The highest BCUT2D eigenvalue weighted by Gasteiger charge is 2.20. The number of nitro groups is 1. The minimum atomic E-state index is -3.70. The first-order valence-corrected chi connectivity index (χ1v) is 12.8.